The summed E-state index contributed by atoms with van der Waals surface area (Å²) < 4.78 is 0. The van der Waals surface area contributed by atoms with Crippen LogP contribution in [-0.4, -0.2) is 19.5 Å². The van der Waals surface area contributed by atoms with Crippen molar-refractivity contribution in [3.05, 3.63) is 10.4 Å². The lowest BCUT2D eigenvalue weighted by atomic mass is 10.2. The van der Waals surface area contributed by atoms with Gasteiger partial charge in [0.15, 0.2) is 0 Å². The number of hydrogen-bond donors (Lipinski definition) is 3. The maximum atomic E-state index is 11.5. The molecule has 0 aliphatic heterocycles. The molecular weight excluding hydrogens is 236 g/mol. The van der Waals surface area contributed by atoms with Crippen LogP contribution < -0.4 is 16.4 Å². The molecule has 1 aliphatic rings. The number of nitrogens with two attached hydrogens (primary N) is 1. The molecule has 0 atom stereocenters. The molecular formula is C11H14N4OS. The predicted octanol–water partition coefficient (Wildman–Crippen LogP) is 1.38. The molecule has 0 aromatic carbocycles. The Hall–Kier alpha value is -1.74. The monoisotopic (exact) mass is 250 g/mol. The molecule has 2 rings (SSSR count). The average molecular weight is 250 g/mol. The molecule has 0 bridgehead atoms. The van der Waals surface area contributed by atoms with Gasteiger partial charge < -0.3 is 16.4 Å². The normalized spacial score (nSPS) is 14.1. The zero-order chi connectivity index (χ0) is 12.4. The highest BCUT2D eigenvalue weighted by Crippen LogP contribution is 2.36. The fourth-order valence-electron chi connectivity index (χ4n) is 1.52. The molecule has 4 N–H and O–H groups in total. The highest BCUT2D eigenvalue weighted by atomic mass is 32.1. The predicted molar refractivity (Wildman–Crippen MR) is 68.1 cm³/mol. The smallest absolute Gasteiger partial charge is 0.263 e. The summed E-state index contributed by atoms with van der Waals surface area (Å²) in [6.07, 6.45) is 2.47. The number of nitriles is 1. The maximum absolute atomic E-state index is 11.5. The summed E-state index contributed by atoms with van der Waals surface area (Å²) in [7, 11) is 1.55. The van der Waals surface area contributed by atoms with E-state index in [0.717, 1.165) is 6.54 Å². The number of nitrogens with zero attached hydrogens (tertiary/aromatic N) is 1. The van der Waals surface area contributed by atoms with E-state index < -0.39 is 0 Å². The molecule has 17 heavy (non-hydrogen) atoms. The SMILES string of the molecule is CNC(=O)c1sc(NCC2CC2)c(C#N)c1N. The topological polar surface area (TPSA) is 90.9 Å². The van der Waals surface area contributed by atoms with Crippen molar-refractivity contribution >= 4 is 27.9 Å². The van der Waals surface area contributed by atoms with E-state index in [0.29, 0.717) is 21.4 Å². The standard InChI is InChI=1S/C11H14N4OS/c1-14-10(16)9-8(13)7(4-12)11(17-9)15-5-6-2-3-6/h6,15H,2-3,5,13H2,1H3,(H,14,16). The van der Waals surface area contributed by atoms with Gasteiger partial charge in [-0.15, -0.1) is 11.3 Å². The zero-order valence-corrected chi connectivity index (χ0v) is 10.4. The minimum Gasteiger partial charge on any atom is -0.396 e. The van der Waals surface area contributed by atoms with E-state index in [4.69, 9.17) is 11.0 Å². The number of rotatable bonds is 4. The Morgan fingerprint density at radius 1 is 1.65 bits per heavy atom. The molecule has 0 radical (unpaired) electrons. The maximum Gasteiger partial charge on any atom is 0.263 e. The van der Waals surface area contributed by atoms with Crippen molar-refractivity contribution in [2.75, 3.05) is 24.6 Å². The van der Waals surface area contributed by atoms with Crippen LogP contribution in [0, 0.1) is 17.2 Å². The lowest BCUT2D eigenvalue weighted by Crippen LogP contribution is -2.17. The van der Waals surface area contributed by atoms with Crippen molar-refractivity contribution < 1.29 is 4.79 Å². The van der Waals surface area contributed by atoms with Gasteiger partial charge >= 0.3 is 0 Å². The highest BCUT2D eigenvalue weighted by molar-refractivity contribution is 7.18. The van der Waals surface area contributed by atoms with E-state index in [2.05, 4.69) is 16.7 Å². The molecule has 0 saturated heterocycles. The second kappa shape index (κ2) is 4.63. The number of nitrogen functional groups attached to an aromatic ring is 1. The Kier molecular flexibility index (Phi) is 3.20. The summed E-state index contributed by atoms with van der Waals surface area (Å²) in [6, 6.07) is 2.05. The second-order valence-electron chi connectivity index (χ2n) is 4.06. The summed E-state index contributed by atoms with van der Waals surface area (Å²) in [5.41, 5.74) is 6.46. The lowest BCUT2D eigenvalue weighted by Gasteiger charge is -2.01. The number of hydrogen-bond acceptors (Lipinski definition) is 5. The minimum atomic E-state index is -0.247. The number of carbonyl (C=O) groups is 1. The molecule has 0 spiro atoms. The molecule has 6 heteroatoms. The molecule has 1 heterocycles. The number of anilines is 2. The molecule has 1 aromatic rings. The molecule has 5 nitrogen and oxygen atoms in total. The Balaban J connectivity index is 2.24. The first-order valence-electron chi connectivity index (χ1n) is 5.45. The largest absolute Gasteiger partial charge is 0.396 e. The molecule has 1 fully saturated rings. The van der Waals surface area contributed by atoms with Gasteiger partial charge in [-0.05, 0) is 18.8 Å². The van der Waals surface area contributed by atoms with E-state index in [9.17, 15) is 4.79 Å². The first-order chi connectivity index (χ1) is 8.17. The quantitative estimate of drug-likeness (QED) is 0.753. The van der Waals surface area contributed by atoms with Crippen LogP contribution in [0.15, 0.2) is 0 Å². The number of carbonyl (C=O) groups excluding carboxylic acids is 1. The van der Waals surface area contributed by atoms with Gasteiger partial charge in [0.25, 0.3) is 5.91 Å². The first kappa shape index (κ1) is 11.7. The van der Waals surface area contributed by atoms with E-state index in [1.165, 1.54) is 24.2 Å². The Labute approximate surface area is 104 Å². The lowest BCUT2D eigenvalue weighted by molar-refractivity contribution is 0.0968. The third kappa shape index (κ3) is 2.34. The molecule has 1 amide bonds. The van der Waals surface area contributed by atoms with Crippen molar-refractivity contribution in [1.29, 1.82) is 5.26 Å². The molecule has 1 aliphatic carbocycles. The summed E-state index contributed by atoms with van der Waals surface area (Å²) in [6.45, 7) is 0.849. The Morgan fingerprint density at radius 2 is 2.35 bits per heavy atom. The number of thiophene rings is 1. The van der Waals surface area contributed by atoms with Gasteiger partial charge in [-0.1, -0.05) is 0 Å². The van der Waals surface area contributed by atoms with Crippen LogP contribution in [0.4, 0.5) is 10.7 Å². The van der Waals surface area contributed by atoms with E-state index in [1.54, 1.807) is 7.05 Å². The van der Waals surface area contributed by atoms with E-state index >= 15 is 0 Å². The molecule has 1 saturated carbocycles. The first-order valence-corrected chi connectivity index (χ1v) is 6.27. The zero-order valence-electron chi connectivity index (χ0n) is 9.54. The third-order valence-electron chi connectivity index (χ3n) is 2.74. The van der Waals surface area contributed by atoms with Gasteiger partial charge in [0.05, 0.1) is 5.69 Å². The van der Waals surface area contributed by atoms with Crippen LogP contribution in [-0.2, 0) is 0 Å². The summed E-state index contributed by atoms with van der Waals surface area (Å²) in [5.74, 6) is 0.455. The van der Waals surface area contributed by atoms with Crippen LogP contribution in [0.1, 0.15) is 28.1 Å². The van der Waals surface area contributed by atoms with E-state index in [1.807, 2.05) is 0 Å². The number of amides is 1. The molecule has 0 unspecified atom stereocenters. The van der Waals surface area contributed by atoms with Crippen molar-refractivity contribution in [3.63, 3.8) is 0 Å². The van der Waals surface area contributed by atoms with Crippen LogP contribution in [0.3, 0.4) is 0 Å². The summed E-state index contributed by atoms with van der Waals surface area (Å²) in [5, 5.41) is 15.5. The molecule has 1 aromatic heterocycles. The van der Waals surface area contributed by atoms with Crippen molar-refractivity contribution in [1.82, 2.24) is 5.32 Å². The van der Waals surface area contributed by atoms with Crippen LogP contribution in [0.25, 0.3) is 0 Å². The number of nitrogens with one attached hydrogen (secondary N) is 2. The average Bonchev–Trinajstić information content (AvgIpc) is 3.10. The van der Waals surface area contributed by atoms with Crippen molar-refractivity contribution in [3.8, 4) is 6.07 Å². The van der Waals surface area contributed by atoms with Gasteiger partial charge in [-0.2, -0.15) is 5.26 Å². The van der Waals surface area contributed by atoms with E-state index in [-0.39, 0.29) is 11.6 Å². The second-order valence-corrected chi connectivity index (χ2v) is 5.08. The fourth-order valence-corrected chi connectivity index (χ4v) is 2.54. The Bertz CT molecular complexity index is 484. The molecule has 90 valence electrons. The third-order valence-corrected chi connectivity index (χ3v) is 3.90. The summed E-state index contributed by atoms with van der Waals surface area (Å²) in [4.78, 5) is 12.0. The fraction of sp³-hybridized carbons (Fsp3) is 0.455. The van der Waals surface area contributed by atoms with Crippen LogP contribution in [0.2, 0.25) is 0 Å². The van der Waals surface area contributed by atoms with Crippen LogP contribution >= 0.6 is 11.3 Å². The van der Waals surface area contributed by atoms with Crippen molar-refractivity contribution in [2.45, 2.75) is 12.8 Å². The highest BCUT2D eigenvalue weighted by Gasteiger charge is 2.24. The summed E-state index contributed by atoms with van der Waals surface area (Å²) >= 11 is 1.24. The van der Waals surface area contributed by atoms with Crippen LogP contribution in [0.5, 0.6) is 0 Å². The van der Waals surface area contributed by atoms with Gasteiger partial charge in [0, 0.05) is 13.6 Å². The van der Waals surface area contributed by atoms with Gasteiger partial charge in [0.2, 0.25) is 0 Å². The van der Waals surface area contributed by atoms with Crippen molar-refractivity contribution in [2.24, 2.45) is 5.92 Å². The minimum absolute atomic E-state index is 0.247. The van der Waals surface area contributed by atoms with Gasteiger partial charge in [-0.25, -0.2) is 0 Å². The van der Waals surface area contributed by atoms with Gasteiger partial charge in [0.1, 0.15) is 21.5 Å². The Morgan fingerprint density at radius 3 is 2.88 bits per heavy atom. The van der Waals surface area contributed by atoms with Gasteiger partial charge in [-0.3, -0.25) is 4.79 Å².